The maximum absolute atomic E-state index is 13.2. The molecule has 0 bridgehead atoms. The minimum absolute atomic E-state index is 0.430. The second kappa shape index (κ2) is 7.53. The van der Waals surface area contributed by atoms with Gasteiger partial charge in [0.1, 0.15) is 5.60 Å². The lowest BCUT2D eigenvalue weighted by atomic mass is 9.89. The van der Waals surface area contributed by atoms with Gasteiger partial charge in [-0.05, 0) is 25.0 Å². The van der Waals surface area contributed by atoms with Crippen LogP contribution in [0.5, 0.6) is 0 Å². The maximum Gasteiger partial charge on any atom is 0.417 e. The number of benzene rings is 2. The molecule has 3 atom stereocenters. The molecule has 142 valence electrons. The fourth-order valence-corrected chi connectivity index (χ4v) is 3.49. The molecule has 3 rings (SSSR count). The molecule has 2 aromatic carbocycles. The van der Waals surface area contributed by atoms with Gasteiger partial charge < -0.3 is 9.84 Å². The Bertz CT molecular complexity index is 804. The Morgan fingerprint density at radius 2 is 1.67 bits per heavy atom. The highest BCUT2D eigenvalue weighted by Gasteiger charge is 2.45. The van der Waals surface area contributed by atoms with Gasteiger partial charge in [0.2, 0.25) is 5.91 Å². The average molecular weight is 367 g/mol. The molecule has 0 aliphatic carbocycles. The molecule has 0 saturated carbocycles. The van der Waals surface area contributed by atoms with Crippen LogP contribution in [0.2, 0.25) is 0 Å². The Balaban J connectivity index is 1.91. The van der Waals surface area contributed by atoms with Crippen LogP contribution in [-0.4, -0.2) is 27.6 Å². The normalized spacial score (nSPS) is 21.3. The minimum Gasteiger partial charge on any atom is -0.443 e. The number of carbonyl (C=O) groups excluding carboxylic acids is 2. The molecule has 2 aromatic rings. The van der Waals surface area contributed by atoms with Crippen molar-refractivity contribution in [3.8, 4) is 0 Å². The van der Waals surface area contributed by atoms with Crippen molar-refractivity contribution < 1.29 is 19.4 Å². The van der Waals surface area contributed by atoms with Crippen LogP contribution in [-0.2, 0) is 9.53 Å². The van der Waals surface area contributed by atoms with Gasteiger partial charge in [-0.25, -0.2) is 9.69 Å². The van der Waals surface area contributed by atoms with Crippen molar-refractivity contribution in [1.82, 2.24) is 4.90 Å². The van der Waals surface area contributed by atoms with E-state index in [0.29, 0.717) is 12.0 Å². The van der Waals surface area contributed by atoms with Crippen molar-refractivity contribution in [2.45, 2.75) is 44.9 Å². The Morgan fingerprint density at radius 3 is 2.26 bits per heavy atom. The van der Waals surface area contributed by atoms with Crippen molar-refractivity contribution in [2.75, 3.05) is 0 Å². The van der Waals surface area contributed by atoms with Crippen LogP contribution in [0.4, 0.5) is 4.79 Å². The number of imide groups is 1. The Labute approximate surface area is 159 Å². The Kier molecular flexibility index (Phi) is 5.33. The van der Waals surface area contributed by atoms with E-state index in [9.17, 15) is 14.7 Å². The zero-order valence-corrected chi connectivity index (χ0v) is 15.8. The molecule has 1 heterocycles. The van der Waals surface area contributed by atoms with Crippen molar-refractivity contribution in [3.05, 3.63) is 71.8 Å². The van der Waals surface area contributed by atoms with Gasteiger partial charge in [0.05, 0.1) is 18.1 Å². The molecule has 1 saturated heterocycles. The summed E-state index contributed by atoms with van der Waals surface area (Å²) in [4.78, 5) is 27.0. The van der Waals surface area contributed by atoms with Crippen LogP contribution in [0.15, 0.2) is 60.7 Å². The molecular weight excluding hydrogens is 342 g/mol. The van der Waals surface area contributed by atoms with E-state index in [-0.39, 0.29) is 0 Å². The zero-order chi connectivity index (χ0) is 19.6. The molecule has 0 spiro atoms. The Morgan fingerprint density at radius 1 is 1.11 bits per heavy atom. The summed E-state index contributed by atoms with van der Waals surface area (Å²) in [6.45, 7) is 5.31. The third kappa shape index (κ3) is 4.03. The predicted molar refractivity (Wildman–Crippen MR) is 102 cm³/mol. The summed E-state index contributed by atoms with van der Waals surface area (Å²) in [5, 5.41) is 10.6. The number of aliphatic hydroxyl groups excluding tert-OH is 1. The lowest BCUT2D eigenvalue weighted by Crippen LogP contribution is -2.52. The molecule has 2 amide bonds. The monoisotopic (exact) mass is 367 g/mol. The molecular formula is C22H25NO4. The maximum atomic E-state index is 13.2. The van der Waals surface area contributed by atoms with E-state index in [0.717, 1.165) is 10.5 Å². The summed E-state index contributed by atoms with van der Waals surface area (Å²) < 4.78 is 5.48. The highest BCUT2D eigenvalue weighted by Crippen LogP contribution is 2.39. The molecule has 1 N–H and O–H groups in total. The molecule has 1 fully saturated rings. The largest absolute Gasteiger partial charge is 0.443 e. The Hall–Kier alpha value is -2.66. The quantitative estimate of drug-likeness (QED) is 0.877. The smallest absolute Gasteiger partial charge is 0.417 e. The first-order valence-corrected chi connectivity index (χ1v) is 9.14. The number of ether oxygens (including phenoxy) is 1. The summed E-state index contributed by atoms with van der Waals surface area (Å²) in [5.74, 6) is -1.23. The van der Waals surface area contributed by atoms with E-state index in [1.165, 1.54) is 0 Å². The number of nitrogens with zero attached hydrogens (tertiary/aromatic N) is 1. The second-order valence-corrected chi connectivity index (χ2v) is 7.61. The van der Waals surface area contributed by atoms with Gasteiger partial charge in [0.15, 0.2) is 0 Å². The standard InChI is InChI=1S/C22H25NO4/c1-15(19(24)17-12-8-5-9-13-17)20(25)23-18(16-10-6-4-7-11-16)14-22(2,3)27-21(23)26/h4-13,15,18-19,24H,14H2,1-3H3/t15-,18-,19-/m1/s1. The summed E-state index contributed by atoms with van der Waals surface area (Å²) in [5.41, 5.74) is 0.840. The molecule has 0 radical (unpaired) electrons. The topological polar surface area (TPSA) is 66.8 Å². The van der Waals surface area contributed by atoms with Crippen molar-refractivity contribution in [1.29, 1.82) is 0 Å². The van der Waals surface area contributed by atoms with E-state index >= 15 is 0 Å². The second-order valence-electron chi connectivity index (χ2n) is 7.61. The van der Waals surface area contributed by atoms with Crippen molar-refractivity contribution in [3.63, 3.8) is 0 Å². The summed E-state index contributed by atoms with van der Waals surface area (Å²) in [6, 6.07) is 18.0. The molecule has 5 nitrogen and oxygen atoms in total. The van der Waals surface area contributed by atoms with Crippen LogP contribution in [0, 0.1) is 5.92 Å². The molecule has 0 aromatic heterocycles. The third-order valence-electron chi connectivity index (χ3n) is 4.98. The van der Waals surface area contributed by atoms with Crippen LogP contribution in [0.1, 0.15) is 50.5 Å². The summed E-state index contributed by atoms with van der Waals surface area (Å²) >= 11 is 0. The van der Waals surface area contributed by atoms with Gasteiger partial charge in [-0.3, -0.25) is 4.79 Å². The van der Waals surface area contributed by atoms with Gasteiger partial charge in [-0.1, -0.05) is 67.6 Å². The lowest BCUT2D eigenvalue weighted by Gasteiger charge is -2.42. The molecule has 0 unspecified atom stereocenters. The van der Waals surface area contributed by atoms with Crippen LogP contribution < -0.4 is 0 Å². The highest BCUT2D eigenvalue weighted by atomic mass is 16.6. The first-order chi connectivity index (χ1) is 12.8. The number of hydrogen-bond acceptors (Lipinski definition) is 4. The SMILES string of the molecule is C[C@@H](C(=O)N1C(=O)OC(C)(C)C[C@@H]1c1ccccc1)[C@@H](O)c1ccccc1. The first-order valence-electron chi connectivity index (χ1n) is 9.14. The number of rotatable bonds is 4. The zero-order valence-electron chi connectivity index (χ0n) is 15.8. The number of hydrogen-bond donors (Lipinski definition) is 1. The molecule has 1 aliphatic heterocycles. The predicted octanol–water partition coefficient (Wildman–Crippen LogP) is 4.24. The van der Waals surface area contributed by atoms with Crippen molar-refractivity contribution >= 4 is 12.0 Å². The fraction of sp³-hybridized carbons (Fsp3) is 0.364. The highest BCUT2D eigenvalue weighted by molar-refractivity contribution is 5.94. The van der Waals surface area contributed by atoms with E-state index in [4.69, 9.17) is 4.74 Å². The van der Waals surface area contributed by atoms with Gasteiger partial charge in [0.25, 0.3) is 0 Å². The first kappa shape index (κ1) is 19.1. The summed E-state index contributed by atoms with van der Waals surface area (Å²) in [7, 11) is 0. The molecule has 27 heavy (non-hydrogen) atoms. The number of carbonyl (C=O) groups is 2. The van der Waals surface area contributed by atoms with Crippen molar-refractivity contribution in [2.24, 2.45) is 5.92 Å². The van der Waals surface area contributed by atoms with E-state index in [2.05, 4.69) is 0 Å². The number of cyclic esters (lactones) is 1. The van der Waals surface area contributed by atoms with E-state index in [1.54, 1.807) is 31.2 Å². The molecule has 1 aliphatic rings. The summed E-state index contributed by atoms with van der Waals surface area (Å²) in [6.07, 6.45) is -1.18. The van der Waals surface area contributed by atoms with Gasteiger partial charge in [-0.15, -0.1) is 0 Å². The third-order valence-corrected chi connectivity index (χ3v) is 4.98. The minimum atomic E-state index is -1.00. The number of aliphatic hydroxyl groups is 1. The number of amides is 2. The fourth-order valence-electron chi connectivity index (χ4n) is 3.49. The molecule has 5 heteroatoms. The van der Waals surface area contributed by atoms with Gasteiger partial charge >= 0.3 is 6.09 Å². The van der Waals surface area contributed by atoms with Crippen LogP contribution >= 0.6 is 0 Å². The van der Waals surface area contributed by atoms with E-state index in [1.807, 2.05) is 50.2 Å². The van der Waals surface area contributed by atoms with E-state index < -0.39 is 35.7 Å². The van der Waals surface area contributed by atoms with Gasteiger partial charge in [0, 0.05) is 6.42 Å². The average Bonchev–Trinajstić information content (AvgIpc) is 2.66. The van der Waals surface area contributed by atoms with Crippen LogP contribution in [0.25, 0.3) is 0 Å². The van der Waals surface area contributed by atoms with Gasteiger partial charge in [-0.2, -0.15) is 0 Å². The van der Waals surface area contributed by atoms with Crippen LogP contribution in [0.3, 0.4) is 0 Å². The lowest BCUT2D eigenvalue weighted by molar-refractivity contribution is -0.145.